The maximum atomic E-state index is 12.6. The van der Waals surface area contributed by atoms with Crippen molar-refractivity contribution in [3.05, 3.63) is 36.0 Å². The van der Waals surface area contributed by atoms with E-state index in [-0.39, 0.29) is 18.5 Å². The Kier molecular flexibility index (Phi) is 4.76. The second kappa shape index (κ2) is 6.83. The zero-order valence-electron chi connectivity index (χ0n) is 13.6. The van der Waals surface area contributed by atoms with E-state index in [0.717, 1.165) is 25.2 Å². The van der Waals surface area contributed by atoms with Crippen molar-refractivity contribution in [2.45, 2.75) is 25.7 Å². The van der Waals surface area contributed by atoms with Crippen LogP contribution in [0.1, 0.15) is 12.5 Å². The van der Waals surface area contributed by atoms with E-state index < -0.39 is 11.7 Å². The summed E-state index contributed by atoms with van der Waals surface area (Å²) in [6, 6.07) is 4.80. The Labute approximate surface area is 142 Å². The smallest absolute Gasteiger partial charge is 0.336 e. The molecular weight excluding hydrogens is 335 g/mol. The van der Waals surface area contributed by atoms with Gasteiger partial charge in [0.05, 0.1) is 11.8 Å². The Morgan fingerprint density at radius 2 is 2.04 bits per heavy atom. The molecule has 1 fully saturated rings. The summed E-state index contributed by atoms with van der Waals surface area (Å²) in [6.07, 6.45) is -2.81. The van der Waals surface area contributed by atoms with Crippen LogP contribution in [0, 0.1) is 0 Å². The van der Waals surface area contributed by atoms with E-state index in [1.54, 1.807) is 11.1 Å². The van der Waals surface area contributed by atoms with Gasteiger partial charge in [-0.05, 0) is 19.1 Å². The van der Waals surface area contributed by atoms with Crippen molar-refractivity contribution in [3.8, 4) is 11.3 Å². The van der Waals surface area contributed by atoms with E-state index in [2.05, 4.69) is 15.6 Å². The Bertz CT molecular complexity index is 741. The molecule has 0 bridgehead atoms. The topological polar surface area (TPSA) is 63.1 Å². The first-order valence-electron chi connectivity index (χ1n) is 7.92. The molecule has 0 saturated carbocycles. The van der Waals surface area contributed by atoms with Gasteiger partial charge in [-0.2, -0.15) is 13.2 Å². The third kappa shape index (κ3) is 3.98. The zero-order chi connectivity index (χ0) is 18.0. The second-order valence-electron chi connectivity index (χ2n) is 6.02. The molecule has 3 rings (SSSR count). The lowest BCUT2D eigenvalue weighted by molar-refractivity contribution is -0.137. The molecule has 2 heterocycles. The standard InChI is InChI=1S/C16H18F3N5O/c1-11-8-20-6-7-24(11)15(25)10-23-9-14(21-22-23)12-2-4-13(5-3-12)16(17,18)19/h2-5,9,11,20H,6-8,10H2,1H3. The van der Waals surface area contributed by atoms with Gasteiger partial charge in [0.25, 0.3) is 0 Å². The molecule has 0 radical (unpaired) electrons. The van der Waals surface area contributed by atoms with Gasteiger partial charge in [0.1, 0.15) is 12.2 Å². The fourth-order valence-corrected chi connectivity index (χ4v) is 2.78. The summed E-state index contributed by atoms with van der Waals surface area (Å²) in [5.74, 6) is -0.0575. The molecule has 9 heteroatoms. The highest BCUT2D eigenvalue weighted by atomic mass is 19.4. The first kappa shape index (κ1) is 17.4. The Hall–Kier alpha value is -2.42. The molecule has 1 saturated heterocycles. The molecule has 134 valence electrons. The fourth-order valence-electron chi connectivity index (χ4n) is 2.78. The molecule has 6 nitrogen and oxygen atoms in total. The lowest BCUT2D eigenvalue weighted by Crippen LogP contribution is -2.53. The molecule has 1 N–H and O–H groups in total. The number of hydrogen-bond acceptors (Lipinski definition) is 4. The van der Waals surface area contributed by atoms with Gasteiger partial charge in [-0.25, -0.2) is 4.68 Å². The predicted molar refractivity (Wildman–Crippen MR) is 84.5 cm³/mol. The predicted octanol–water partition coefficient (Wildman–Crippen LogP) is 1.78. The van der Waals surface area contributed by atoms with Gasteiger partial charge in [-0.15, -0.1) is 5.10 Å². The average Bonchev–Trinajstić information content (AvgIpc) is 3.03. The van der Waals surface area contributed by atoms with Crippen LogP contribution in [0.4, 0.5) is 13.2 Å². The molecule has 1 atom stereocenters. The number of rotatable bonds is 3. The molecule has 2 aromatic rings. The molecule has 0 spiro atoms. The number of nitrogens with one attached hydrogen (secondary N) is 1. The number of carbonyl (C=O) groups excluding carboxylic acids is 1. The van der Waals surface area contributed by atoms with Crippen molar-refractivity contribution in [1.29, 1.82) is 0 Å². The van der Waals surface area contributed by atoms with E-state index >= 15 is 0 Å². The third-order valence-corrected chi connectivity index (χ3v) is 4.17. The van der Waals surface area contributed by atoms with Crippen LogP contribution in [-0.4, -0.2) is 51.5 Å². The first-order chi connectivity index (χ1) is 11.8. The van der Waals surface area contributed by atoms with Crippen LogP contribution in [0.5, 0.6) is 0 Å². The lowest BCUT2D eigenvalue weighted by Gasteiger charge is -2.33. The van der Waals surface area contributed by atoms with Gasteiger partial charge >= 0.3 is 6.18 Å². The average molecular weight is 353 g/mol. The molecular formula is C16H18F3N5O. The van der Waals surface area contributed by atoms with Crippen LogP contribution in [0.15, 0.2) is 30.5 Å². The fraction of sp³-hybridized carbons (Fsp3) is 0.438. The highest BCUT2D eigenvalue weighted by molar-refractivity contribution is 5.76. The highest BCUT2D eigenvalue weighted by Gasteiger charge is 2.30. The number of nitrogens with zero attached hydrogens (tertiary/aromatic N) is 4. The van der Waals surface area contributed by atoms with E-state index in [9.17, 15) is 18.0 Å². The number of carbonyl (C=O) groups is 1. The first-order valence-corrected chi connectivity index (χ1v) is 7.92. The number of halogens is 3. The van der Waals surface area contributed by atoms with Crippen LogP contribution in [-0.2, 0) is 17.5 Å². The molecule has 25 heavy (non-hydrogen) atoms. The molecule has 1 aromatic heterocycles. The third-order valence-electron chi connectivity index (χ3n) is 4.17. The van der Waals surface area contributed by atoms with Gasteiger partial charge < -0.3 is 10.2 Å². The van der Waals surface area contributed by atoms with Crippen molar-refractivity contribution in [3.63, 3.8) is 0 Å². The number of aromatic nitrogens is 3. The second-order valence-corrected chi connectivity index (χ2v) is 6.02. The van der Waals surface area contributed by atoms with Gasteiger partial charge in [0.15, 0.2) is 0 Å². The van der Waals surface area contributed by atoms with Crippen molar-refractivity contribution in [2.75, 3.05) is 19.6 Å². The zero-order valence-corrected chi connectivity index (χ0v) is 13.6. The summed E-state index contributed by atoms with van der Waals surface area (Å²) in [7, 11) is 0. The minimum atomic E-state index is -4.37. The molecule has 1 amide bonds. The van der Waals surface area contributed by atoms with E-state index in [1.807, 2.05) is 6.92 Å². The van der Waals surface area contributed by atoms with Gasteiger partial charge in [0, 0.05) is 31.2 Å². The minimum Gasteiger partial charge on any atom is -0.336 e. The van der Waals surface area contributed by atoms with Crippen molar-refractivity contribution >= 4 is 5.91 Å². The highest BCUT2D eigenvalue weighted by Crippen LogP contribution is 2.30. The minimum absolute atomic E-state index is 0.0535. The monoisotopic (exact) mass is 353 g/mol. The van der Waals surface area contributed by atoms with Gasteiger partial charge in [0.2, 0.25) is 5.91 Å². The SMILES string of the molecule is CC1CNCCN1C(=O)Cn1cc(-c2ccc(C(F)(F)F)cc2)nn1. The Morgan fingerprint density at radius 1 is 1.32 bits per heavy atom. The summed E-state index contributed by atoms with van der Waals surface area (Å²) in [4.78, 5) is 14.2. The normalized spacial score (nSPS) is 18.4. The van der Waals surface area contributed by atoms with E-state index in [0.29, 0.717) is 17.8 Å². The molecule has 1 aliphatic heterocycles. The van der Waals surface area contributed by atoms with Crippen LogP contribution in [0.3, 0.4) is 0 Å². The summed E-state index contributed by atoms with van der Waals surface area (Å²) in [5.41, 5.74) is 0.226. The number of alkyl halides is 3. The number of amides is 1. The summed E-state index contributed by atoms with van der Waals surface area (Å²) in [6.45, 7) is 4.17. The molecule has 0 aliphatic carbocycles. The Balaban J connectivity index is 1.69. The van der Waals surface area contributed by atoms with Crippen LogP contribution in [0.2, 0.25) is 0 Å². The van der Waals surface area contributed by atoms with Crippen molar-refractivity contribution in [1.82, 2.24) is 25.2 Å². The van der Waals surface area contributed by atoms with Gasteiger partial charge in [-0.3, -0.25) is 4.79 Å². The maximum absolute atomic E-state index is 12.6. The molecule has 1 aromatic carbocycles. The summed E-state index contributed by atoms with van der Waals surface area (Å²) >= 11 is 0. The number of piperazine rings is 1. The Morgan fingerprint density at radius 3 is 2.68 bits per heavy atom. The summed E-state index contributed by atoms with van der Waals surface area (Å²) in [5, 5.41) is 11.1. The summed E-state index contributed by atoms with van der Waals surface area (Å²) < 4.78 is 39.2. The molecule has 1 aliphatic rings. The van der Waals surface area contributed by atoms with Gasteiger partial charge in [-0.1, -0.05) is 17.3 Å². The van der Waals surface area contributed by atoms with E-state index in [4.69, 9.17) is 0 Å². The number of benzene rings is 1. The van der Waals surface area contributed by atoms with Crippen LogP contribution in [0.25, 0.3) is 11.3 Å². The van der Waals surface area contributed by atoms with Crippen molar-refractivity contribution < 1.29 is 18.0 Å². The maximum Gasteiger partial charge on any atom is 0.416 e. The quantitative estimate of drug-likeness (QED) is 0.914. The van der Waals surface area contributed by atoms with Crippen LogP contribution >= 0.6 is 0 Å². The molecule has 1 unspecified atom stereocenters. The van der Waals surface area contributed by atoms with E-state index in [1.165, 1.54) is 16.8 Å². The number of hydrogen-bond donors (Lipinski definition) is 1. The van der Waals surface area contributed by atoms with Crippen LogP contribution < -0.4 is 5.32 Å². The van der Waals surface area contributed by atoms with Crippen molar-refractivity contribution in [2.24, 2.45) is 0 Å². The lowest BCUT2D eigenvalue weighted by atomic mass is 10.1. The largest absolute Gasteiger partial charge is 0.416 e.